The molecule has 50 valence electrons. The summed E-state index contributed by atoms with van der Waals surface area (Å²) in [5.41, 5.74) is 0. The Balaban J connectivity index is 3.28. The summed E-state index contributed by atoms with van der Waals surface area (Å²) < 4.78 is 4.67. The van der Waals surface area contributed by atoms with E-state index in [9.17, 15) is 4.79 Å². The molecule has 0 aromatic rings. The van der Waals surface area contributed by atoms with E-state index in [4.69, 9.17) is 7.85 Å². The zero-order chi connectivity index (χ0) is 7.11. The van der Waals surface area contributed by atoms with Gasteiger partial charge in [-0.05, 0) is 12.8 Å². The molecule has 1 unspecified atom stereocenters. The predicted octanol–water partition coefficient (Wildman–Crippen LogP) is 0.915. The number of carbonyl (C=O) groups excluding carboxylic acids is 1. The first kappa shape index (κ1) is 8.53. The van der Waals surface area contributed by atoms with E-state index in [1.165, 1.54) is 0 Å². The molecule has 0 spiro atoms. The van der Waals surface area contributed by atoms with E-state index in [0.717, 1.165) is 12.8 Å². The number of ether oxygens (including phenoxy) is 1. The summed E-state index contributed by atoms with van der Waals surface area (Å²) in [4.78, 5) is 9.79. The van der Waals surface area contributed by atoms with Crippen molar-refractivity contribution in [1.82, 2.24) is 0 Å². The highest BCUT2D eigenvalue weighted by molar-refractivity contribution is 6.08. The second kappa shape index (κ2) is 5.67. The van der Waals surface area contributed by atoms with Crippen LogP contribution in [0.1, 0.15) is 19.8 Å². The molecule has 0 N–H and O–H groups in total. The number of hydrogen-bond donors (Lipinski definition) is 0. The van der Waals surface area contributed by atoms with Gasteiger partial charge in [0.2, 0.25) is 0 Å². The maximum absolute atomic E-state index is 9.79. The SMILES string of the molecule is [B]CCC(CC)OC=O. The van der Waals surface area contributed by atoms with Crippen LogP contribution in [-0.2, 0) is 9.53 Å². The monoisotopic (exact) mass is 126 g/mol. The molecular formula is C6H11BO2. The third-order valence-electron chi connectivity index (χ3n) is 1.19. The van der Waals surface area contributed by atoms with E-state index < -0.39 is 0 Å². The minimum atomic E-state index is 0.0208. The minimum absolute atomic E-state index is 0.0208. The zero-order valence-electron chi connectivity index (χ0n) is 5.67. The number of rotatable bonds is 5. The van der Waals surface area contributed by atoms with Crippen LogP contribution in [0.2, 0.25) is 6.32 Å². The summed E-state index contributed by atoms with van der Waals surface area (Å²) in [5, 5.41) is 0. The molecule has 0 amide bonds. The van der Waals surface area contributed by atoms with Gasteiger partial charge in [0.15, 0.2) is 0 Å². The van der Waals surface area contributed by atoms with Crippen molar-refractivity contribution >= 4 is 14.3 Å². The van der Waals surface area contributed by atoms with Crippen LogP contribution >= 0.6 is 0 Å². The first-order chi connectivity index (χ1) is 4.35. The second-order valence-corrected chi connectivity index (χ2v) is 1.84. The molecule has 0 saturated heterocycles. The fourth-order valence-electron chi connectivity index (χ4n) is 0.633. The molecule has 0 rings (SSSR count). The summed E-state index contributed by atoms with van der Waals surface area (Å²) in [6.45, 7) is 2.44. The molecular weight excluding hydrogens is 115 g/mol. The van der Waals surface area contributed by atoms with Crippen LogP contribution in [0.5, 0.6) is 0 Å². The van der Waals surface area contributed by atoms with Crippen molar-refractivity contribution < 1.29 is 9.53 Å². The normalized spacial score (nSPS) is 12.6. The van der Waals surface area contributed by atoms with Gasteiger partial charge >= 0.3 is 0 Å². The van der Waals surface area contributed by atoms with Gasteiger partial charge in [0.05, 0.1) is 7.85 Å². The van der Waals surface area contributed by atoms with Crippen molar-refractivity contribution in [2.45, 2.75) is 32.2 Å². The summed E-state index contributed by atoms with van der Waals surface area (Å²) in [6.07, 6.45) is 2.20. The Labute approximate surface area is 57.0 Å². The molecule has 0 aromatic heterocycles. The maximum atomic E-state index is 9.79. The van der Waals surface area contributed by atoms with Crippen LogP contribution in [0.15, 0.2) is 0 Å². The van der Waals surface area contributed by atoms with Crippen molar-refractivity contribution in [2.75, 3.05) is 0 Å². The van der Waals surface area contributed by atoms with E-state index in [1.807, 2.05) is 6.92 Å². The average Bonchev–Trinajstić information content (AvgIpc) is 1.88. The van der Waals surface area contributed by atoms with Crippen molar-refractivity contribution in [3.63, 3.8) is 0 Å². The lowest BCUT2D eigenvalue weighted by molar-refractivity contribution is -0.133. The molecule has 0 bridgehead atoms. The van der Waals surface area contributed by atoms with Gasteiger partial charge in [-0.2, -0.15) is 0 Å². The molecule has 0 aliphatic heterocycles. The molecule has 2 nitrogen and oxygen atoms in total. The largest absolute Gasteiger partial charge is 0.465 e. The van der Waals surface area contributed by atoms with Gasteiger partial charge in [-0.25, -0.2) is 0 Å². The van der Waals surface area contributed by atoms with Gasteiger partial charge in [-0.3, -0.25) is 4.79 Å². The fraction of sp³-hybridized carbons (Fsp3) is 0.833. The second-order valence-electron chi connectivity index (χ2n) is 1.84. The van der Waals surface area contributed by atoms with Gasteiger partial charge in [-0.15, -0.1) is 0 Å². The summed E-state index contributed by atoms with van der Waals surface area (Å²) in [5.74, 6) is 0. The first-order valence-electron chi connectivity index (χ1n) is 3.14. The highest BCUT2D eigenvalue weighted by atomic mass is 16.5. The highest BCUT2D eigenvalue weighted by Gasteiger charge is 2.02. The highest BCUT2D eigenvalue weighted by Crippen LogP contribution is 2.03. The molecule has 0 fully saturated rings. The number of hydrogen-bond acceptors (Lipinski definition) is 2. The zero-order valence-corrected chi connectivity index (χ0v) is 5.67. The Bertz CT molecular complexity index is 75.5. The third kappa shape index (κ3) is 4.07. The van der Waals surface area contributed by atoms with Gasteiger partial charge in [0.25, 0.3) is 6.47 Å². The van der Waals surface area contributed by atoms with Crippen LogP contribution in [0.4, 0.5) is 0 Å². The molecule has 2 radical (unpaired) electrons. The fourth-order valence-corrected chi connectivity index (χ4v) is 0.633. The first-order valence-corrected chi connectivity index (χ1v) is 3.14. The Kier molecular flexibility index (Phi) is 5.37. The van der Waals surface area contributed by atoms with Gasteiger partial charge in [0.1, 0.15) is 6.10 Å². The lowest BCUT2D eigenvalue weighted by Crippen LogP contribution is -2.09. The molecule has 0 saturated carbocycles. The molecule has 0 aliphatic rings. The average molecular weight is 126 g/mol. The summed E-state index contributed by atoms with van der Waals surface area (Å²) in [7, 11) is 5.24. The van der Waals surface area contributed by atoms with Crippen molar-refractivity contribution in [3.8, 4) is 0 Å². The quantitative estimate of drug-likeness (QED) is 0.404. The van der Waals surface area contributed by atoms with Crippen molar-refractivity contribution in [2.24, 2.45) is 0 Å². The third-order valence-corrected chi connectivity index (χ3v) is 1.19. The minimum Gasteiger partial charge on any atom is -0.465 e. The van der Waals surface area contributed by atoms with E-state index in [0.29, 0.717) is 12.8 Å². The molecule has 3 heteroatoms. The van der Waals surface area contributed by atoms with Crippen molar-refractivity contribution in [3.05, 3.63) is 0 Å². The van der Waals surface area contributed by atoms with E-state index >= 15 is 0 Å². The van der Waals surface area contributed by atoms with Crippen LogP contribution in [0, 0.1) is 0 Å². The molecule has 9 heavy (non-hydrogen) atoms. The molecule has 0 heterocycles. The standard InChI is InChI=1S/C6H11BO2/c1-2-6(3-4-7)9-5-8/h5-6H,2-4H2,1H3. The van der Waals surface area contributed by atoms with Crippen LogP contribution in [0.25, 0.3) is 0 Å². The maximum Gasteiger partial charge on any atom is 0.293 e. The lowest BCUT2D eigenvalue weighted by atomic mass is 9.98. The summed E-state index contributed by atoms with van der Waals surface area (Å²) >= 11 is 0. The molecule has 0 aromatic carbocycles. The van der Waals surface area contributed by atoms with Crippen LogP contribution in [-0.4, -0.2) is 20.4 Å². The Morgan fingerprint density at radius 3 is 2.78 bits per heavy atom. The van der Waals surface area contributed by atoms with E-state index in [1.54, 1.807) is 0 Å². The molecule has 1 atom stereocenters. The molecule has 0 aliphatic carbocycles. The Morgan fingerprint density at radius 2 is 2.44 bits per heavy atom. The number of carbonyl (C=O) groups is 1. The van der Waals surface area contributed by atoms with Gasteiger partial charge in [0, 0.05) is 0 Å². The van der Waals surface area contributed by atoms with Crippen LogP contribution in [0.3, 0.4) is 0 Å². The summed E-state index contributed by atoms with van der Waals surface area (Å²) in [6, 6.07) is 0. The lowest BCUT2D eigenvalue weighted by Gasteiger charge is -2.09. The van der Waals surface area contributed by atoms with E-state index in [2.05, 4.69) is 4.74 Å². The van der Waals surface area contributed by atoms with E-state index in [-0.39, 0.29) is 6.10 Å². The predicted molar refractivity (Wildman–Crippen MR) is 36.4 cm³/mol. The van der Waals surface area contributed by atoms with Crippen molar-refractivity contribution in [1.29, 1.82) is 0 Å². The van der Waals surface area contributed by atoms with Gasteiger partial charge in [-0.1, -0.05) is 13.2 Å². The van der Waals surface area contributed by atoms with Crippen LogP contribution < -0.4 is 0 Å². The van der Waals surface area contributed by atoms with Gasteiger partial charge < -0.3 is 4.74 Å². The smallest absolute Gasteiger partial charge is 0.293 e. The Hall–Kier alpha value is -0.465. The topological polar surface area (TPSA) is 26.3 Å². The Morgan fingerprint density at radius 1 is 1.78 bits per heavy atom.